The molecule has 0 aromatic carbocycles. The minimum atomic E-state index is 0.0864. The van der Waals surface area contributed by atoms with Gasteiger partial charge in [-0.2, -0.15) is 16.9 Å². The summed E-state index contributed by atoms with van der Waals surface area (Å²) in [6.45, 7) is 5.55. The molecule has 2 N–H and O–H groups in total. The van der Waals surface area contributed by atoms with Crippen LogP contribution in [0.5, 0.6) is 0 Å². The summed E-state index contributed by atoms with van der Waals surface area (Å²) in [6.07, 6.45) is 0.932. The number of aromatic amines is 1. The summed E-state index contributed by atoms with van der Waals surface area (Å²) in [6, 6.07) is 0. The van der Waals surface area contributed by atoms with Gasteiger partial charge < -0.3 is 10.2 Å². The molecule has 1 fully saturated rings. The van der Waals surface area contributed by atoms with Crippen LogP contribution < -0.4 is 5.32 Å². The number of fused-ring (bicyclic) bond motifs is 1. The molecule has 6 heteroatoms. The Labute approximate surface area is 111 Å². The van der Waals surface area contributed by atoms with E-state index in [4.69, 9.17) is 0 Å². The lowest BCUT2D eigenvalue weighted by Crippen LogP contribution is -2.41. The average Bonchev–Trinajstić information content (AvgIpc) is 2.82. The van der Waals surface area contributed by atoms with Gasteiger partial charge >= 0.3 is 0 Å². The maximum atomic E-state index is 12.5. The second-order valence-corrected chi connectivity index (χ2v) is 6.43. The molecule has 98 valence electrons. The standard InChI is InChI=1S/C12H18N4OS/c1-8-7-16(4-5-18-8)12(17)11-9-6-13-3-2-10(9)14-15-11/h8,13H,2-7H2,1H3,(H,14,15). The monoisotopic (exact) mass is 266 g/mol. The van der Waals surface area contributed by atoms with Crippen LogP contribution in [0.4, 0.5) is 0 Å². The zero-order valence-electron chi connectivity index (χ0n) is 10.5. The molecule has 1 amide bonds. The topological polar surface area (TPSA) is 61.0 Å². The molecule has 3 heterocycles. The Morgan fingerprint density at radius 3 is 3.28 bits per heavy atom. The molecule has 3 rings (SSSR count). The molecule has 1 aromatic rings. The summed E-state index contributed by atoms with van der Waals surface area (Å²) in [7, 11) is 0. The third-order valence-corrected chi connectivity index (χ3v) is 4.67. The molecular formula is C12H18N4OS. The van der Waals surface area contributed by atoms with Gasteiger partial charge in [-0.15, -0.1) is 0 Å². The highest BCUT2D eigenvalue weighted by Gasteiger charge is 2.28. The van der Waals surface area contributed by atoms with Crippen molar-refractivity contribution >= 4 is 17.7 Å². The van der Waals surface area contributed by atoms with Crippen molar-refractivity contribution in [3.63, 3.8) is 0 Å². The van der Waals surface area contributed by atoms with E-state index in [1.165, 1.54) is 0 Å². The van der Waals surface area contributed by atoms with Crippen LogP contribution in [0, 0.1) is 0 Å². The van der Waals surface area contributed by atoms with E-state index in [1.807, 2.05) is 16.7 Å². The number of nitrogens with zero attached hydrogens (tertiary/aromatic N) is 2. The van der Waals surface area contributed by atoms with Crippen LogP contribution >= 0.6 is 11.8 Å². The van der Waals surface area contributed by atoms with Crippen LogP contribution in [0.1, 0.15) is 28.7 Å². The molecule has 2 aliphatic rings. The number of carbonyl (C=O) groups is 1. The fraction of sp³-hybridized carbons (Fsp3) is 0.667. The van der Waals surface area contributed by atoms with Gasteiger partial charge in [0.2, 0.25) is 0 Å². The van der Waals surface area contributed by atoms with Crippen molar-refractivity contribution in [1.29, 1.82) is 0 Å². The van der Waals surface area contributed by atoms with E-state index in [0.29, 0.717) is 10.9 Å². The molecule has 0 saturated carbocycles. The third kappa shape index (κ3) is 2.14. The highest BCUT2D eigenvalue weighted by atomic mass is 32.2. The van der Waals surface area contributed by atoms with Gasteiger partial charge in [-0.3, -0.25) is 9.89 Å². The Morgan fingerprint density at radius 2 is 2.44 bits per heavy atom. The van der Waals surface area contributed by atoms with E-state index in [9.17, 15) is 4.79 Å². The lowest BCUT2D eigenvalue weighted by Gasteiger charge is -2.30. The van der Waals surface area contributed by atoms with Gasteiger partial charge in [-0.1, -0.05) is 6.92 Å². The molecule has 2 aliphatic heterocycles. The SMILES string of the molecule is CC1CN(C(=O)c2n[nH]c3c2CNCC3)CCS1. The van der Waals surface area contributed by atoms with E-state index in [0.717, 1.165) is 49.6 Å². The molecule has 1 aromatic heterocycles. The fourth-order valence-electron chi connectivity index (χ4n) is 2.55. The van der Waals surface area contributed by atoms with Gasteiger partial charge in [-0.25, -0.2) is 0 Å². The maximum Gasteiger partial charge on any atom is 0.274 e. The summed E-state index contributed by atoms with van der Waals surface area (Å²) in [5.74, 6) is 1.11. The van der Waals surface area contributed by atoms with Crippen molar-refractivity contribution in [1.82, 2.24) is 20.4 Å². The second-order valence-electron chi connectivity index (χ2n) is 4.89. The second kappa shape index (κ2) is 4.93. The molecule has 0 spiro atoms. The fourth-order valence-corrected chi connectivity index (χ4v) is 3.57. The summed E-state index contributed by atoms with van der Waals surface area (Å²) in [5.41, 5.74) is 2.81. The number of thioether (sulfide) groups is 1. The van der Waals surface area contributed by atoms with Crippen molar-refractivity contribution in [2.24, 2.45) is 0 Å². The van der Waals surface area contributed by atoms with Gasteiger partial charge in [0.25, 0.3) is 5.91 Å². The molecule has 5 nitrogen and oxygen atoms in total. The first-order valence-corrected chi connectivity index (χ1v) is 7.48. The zero-order chi connectivity index (χ0) is 12.5. The van der Waals surface area contributed by atoms with Crippen molar-refractivity contribution in [2.45, 2.75) is 25.1 Å². The van der Waals surface area contributed by atoms with E-state index in [1.54, 1.807) is 0 Å². The number of hydrogen-bond donors (Lipinski definition) is 2. The quantitative estimate of drug-likeness (QED) is 0.783. The Morgan fingerprint density at radius 1 is 1.56 bits per heavy atom. The van der Waals surface area contributed by atoms with Gasteiger partial charge in [0.15, 0.2) is 5.69 Å². The van der Waals surface area contributed by atoms with E-state index in [2.05, 4.69) is 22.4 Å². The van der Waals surface area contributed by atoms with Crippen LogP contribution in [0.2, 0.25) is 0 Å². The molecule has 0 aliphatic carbocycles. The number of amides is 1. The summed E-state index contributed by atoms with van der Waals surface area (Å²) < 4.78 is 0. The smallest absolute Gasteiger partial charge is 0.274 e. The van der Waals surface area contributed by atoms with Crippen molar-refractivity contribution in [2.75, 3.05) is 25.4 Å². The number of aromatic nitrogens is 2. The first-order valence-electron chi connectivity index (χ1n) is 6.43. The Kier molecular flexibility index (Phi) is 3.30. The molecule has 1 saturated heterocycles. The first-order chi connectivity index (χ1) is 8.75. The number of hydrogen-bond acceptors (Lipinski definition) is 4. The van der Waals surface area contributed by atoms with Crippen LogP contribution in [0.25, 0.3) is 0 Å². The van der Waals surface area contributed by atoms with Crippen molar-refractivity contribution < 1.29 is 4.79 Å². The highest BCUT2D eigenvalue weighted by molar-refractivity contribution is 7.99. The maximum absolute atomic E-state index is 12.5. The minimum absolute atomic E-state index is 0.0864. The minimum Gasteiger partial charge on any atom is -0.335 e. The Hall–Kier alpha value is -1.01. The van der Waals surface area contributed by atoms with Gasteiger partial charge in [0.05, 0.1) is 0 Å². The highest BCUT2D eigenvalue weighted by Crippen LogP contribution is 2.22. The van der Waals surface area contributed by atoms with Crippen molar-refractivity contribution in [3.8, 4) is 0 Å². The Balaban J connectivity index is 1.81. The number of nitrogens with one attached hydrogen (secondary N) is 2. The predicted molar refractivity (Wildman–Crippen MR) is 71.8 cm³/mol. The van der Waals surface area contributed by atoms with Crippen LogP contribution in [0.15, 0.2) is 0 Å². The molecule has 18 heavy (non-hydrogen) atoms. The molecule has 1 unspecified atom stereocenters. The molecule has 0 bridgehead atoms. The summed E-state index contributed by atoms with van der Waals surface area (Å²) in [5, 5.41) is 11.1. The van der Waals surface area contributed by atoms with Gasteiger partial charge in [-0.05, 0) is 0 Å². The Bertz CT molecular complexity index is 459. The zero-order valence-corrected chi connectivity index (χ0v) is 11.3. The number of rotatable bonds is 1. The molecule has 0 radical (unpaired) electrons. The summed E-state index contributed by atoms with van der Waals surface area (Å²) >= 11 is 1.93. The predicted octanol–water partition coefficient (Wildman–Crippen LogP) is 0.633. The van der Waals surface area contributed by atoms with Gasteiger partial charge in [0, 0.05) is 54.9 Å². The van der Waals surface area contributed by atoms with E-state index in [-0.39, 0.29) is 5.91 Å². The molecule has 1 atom stereocenters. The van der Waals surface area contributed by atoms with E-state index < -0.39 is 0 Å². The van der Waals surface area contributed by atoms with Crippen LogP contribution in [-0.4, -0.2) is 51.6 Å². The average molecular weight is 266 g/mol. The number of carbonyl (C=O) groups excluding carboxylic acids is 1. The lowest BCUT2D eigenvalue weighted by atomic mass is 10.1. The molecular weight excluding hydrogens is 248 g/mol. The van der Waals surface area contributed by atoms with Crippen LogP contribution in [-0.2, 0) is 13.0 Å². The van der Waals surface area contributed by atoms with Crippen molar-refractivity contribution in [3.05, 3.63) is 17.0 Å². The van der Waals surface area contributed by atoms with Gasteiger partial charge in [0.1, 0.15) is 0 Å². The van der Waals surface area contributed by atoms with Crippen LogP contribution in [0.3, 0.4) is 0 Å². The normalized spacial score (nSPS) is 23.8. The van der Waals surface area contributed by atoms with E-state index >= 15 is 0 Å². The largest absolute Gasteiger partial charge is 0.335 e. The first kappa shape index (κ1) is 12.0. The lowest BCUT2D eigenvalue weighted by molar-refractivity contribution is 0.0756. The summed E-state index contributed by atoms with van der Waals surface area (Å²) in [4.78, 5) is 14.4. The third-order valence-electron chi connectivity index (χ3n) is 3.54. The number of H-pyrrole nitrogens is 1.